The average Bonchev–Trinajstić information content (AvgIpc) is 2.56. The Bertz CT molecular complexity index is 971. The van der Waals surface area contributed by atoms with Gasteiger partial charge in [0.2, 0.25) is 5.91 Å². The van der Waals surface area contributed by atoms with Crippen LogP contribution in [-0.2, 0) is 17.9 Å². The van der Waals surface area contributed by atoms with E-state index in [1.54, 1.807) is 24.3 Å². The second-order valence-corrected chi connectivity index (χ2v) is 6.60. The van der Waals surface area contributed by atoms with Crippen LogP contribution < -0.4 is 10.9 Å². The zero-order valence-corrected chi connectivity index (χ0v) is 14.8. The first-order valence-corrected chi connectivity index (χ1v) is 8.36. The van der Waals surface area contributed by atoms with E-state index in [1.165, 1.54) is 10.9 Å². The molecule has 0 fully saturated rings. The third kappa shape index (κ3) is 3.83. The predicted molar refractivity (Wildman–Crippen MR) is 97.0 cm³/mol. The van der Waals surface area contributed by atoms with Gasteiger partial charge < -0.3 is 5.32 Å². The Morgan fingerprint density at radius 3 is 2.88 bits per heavy atom. The summed E-state index contributed by atoms with van der Waals surface area (Å²) in [6.45, 7) is 0.259. The lowest BCUT2D eigenvalue weighted by Gasteiger charge is -2.08. The molecule has 1 N–H and O–H groups in total. The fraction of sp³-hybridized carbons (Fsp3) is 0.118. The van der Waals surface area contributed by atoms with Crippen LogP contribution in [0.4, 0.5) is 0 Å². The molecule has 0 aliphatic heterocycles. The summed E-state index contributed by atoms with van der Waals surface area (Å²) in [6, 6.07) is 12.5. The van der Waals surface area contributed by atoms with Crippen molar-refractivity contribution >= 4 is 44.3 Å². The lowest BCUT2D eigenvalue weighted by Crippen LogP contribution is -2.32. The third-order valence-electron chi connectivity index (χ3n) is 3.48. The molecule has 2 aromatic carbocycles. The molecule has 0 atom stereocenters. The van der Waals surface area contributed by atoms with Crippen LogP contribution in [0, 0.1) is 0 Å². The van der Waals surface area contributed by atoms with Gasteiger partial charge in [0.15, 0.2) is 0 Å². The van der Waals surface area contributed by atoms with Crippen molar-refractivity contribution in [3.8, 4) is 0 Å². The van der Waals surface area contributed by atoms with E-state index in [0.717, 1.165) is 10.0 Å². The first kappa shape index (κ1) is 16.7. The summed E-state index contributed by atoms with van der Waals surface area (Å²) in [4.78, 5) is 28.7. The summed E-state index contributed by atoms with van der Waals surface area (Å²) < 4.78 is 2.08. The molecule has 24 heavy (non-hydrogen) atoms. The number of rotatable bonds is 4. The standard InChI is InChI=1S/C17H13BrClN3O2/c18-12-4-5-15-14(7-12)17(24)22(10-21-15)9-16(23)20-8-11-2-1-3-13(19)6-11/h1-7,10H,8-9H2,(H,20,23). The van der Waals surface area contributed by atoms with Crippen LogP contribution in [0.1, 0.15) is 5.56 Å². The van der Waals surface area contributed by atoms with Gasteiger partial charge in [0.25, 0.3) is 5.56 Å². The summed E-state index contributed by atoms with van der Waals surface area (Å²) >= 11 is 9.24. The molecule has 122 valence electrons. The Hall–Kier alpha value is -2.18. The van der Waals surface area contributed by atoms with Gasteiger partial charge in [-0.2, -0.15) is 0 Å². The van der Waals surface area contributed by atoms with Gasteiger partial charge in [-0.25, -0.2) is 4.98 Å². The normalized spacial score (nSPS) is 10.8. The molecular formula is C17H13BrClN3O2. The van der Waals surface area contributed by atoms with E-state index >= 15 is 0 Å². The molecule has 1 amide bonds. The van der Waals surface area contributed by atoms with E-state index in [0.29, 0.717) is 22.5 Å². The van der Waals surface area contributed by atoms with Crippen molar-refractivity contribution in [2.24, 2.45) is 0 Å². The van der Waals surface area contributed by atoms with Crippen LogP contribution in [-0.4, -0.2) is 15.5 Å². The quantitative estimate of drug-likeness (QED) is 0.724. The number of halogens is 2. The zero-order valence-electron chi connectivity index (χ0n) is 12.5. The van der Waals surface area contributed by atoms with Crippen molar-refractivity contribution in [2.75, 3.05) is 0 Å². The smallest absolute Gasteiger partial charge is 0.261 e. The fourth-order valence-electron chi connectivity index (χ4n) is 2.30. The van der Waals surface area contributed by atoms with Gasteiger partial charge in [-0.05, 0) is 35.9 Å². The van der Waals surface area contributed by atoms with Gasteiger partial charge in [0.1, 0.15) is 6.54 Å². The van der Waals surface area contributed by atoms with Gasteiger partial charge in [-0.3, -0.25) is 14.2 Å². The molecule has 0 unspecified atom stereocenters. The number of carbonyl (C=O) groups is 1. The monoisotopic (exact) mass is 405 g/mol. The van der Waals surface area contributed by atoms with Crippen molar-refractivity contribution in [3.05, 3.63) is 74.2 Å². The molecule has 0 bridgehead atoms. The minimum Gasteiger partial charge on any atom is -0.350 e. The number of hydrogen-bond donors (Lipinski definition) is 1. The van der Waals surface area contributed by atoms with Crippen LogP contribution in [0.25, 0.3) is 10.9 Å². The highest BCUT2D eigenvalue weighted by Gasteiger charge is 2.08. The topological polar surface area (TPSA) is 64.0 Å². The van der Waals surface area contributed by atoms with E-state index in [2.05, 4.69) is 26.2 Å². The number of benzene rings is 2. The molecule has 1 heterocycles. The van der Waals surface area contributed by atoms with Crippen molar-refractivity contribution < 1.29 is 4.79 Å². The maximum Gasteiger partial charge on any atom is 0.261 e. The highest BCUT2D eigenvalue weighted by atomic mass is 79.9. The zero-order chi connectivity index (χ0) is 17.1. The van der Waals surface area contributed by atoms with Crippen molar-refractivity contribution in [1.82, 2.24) is 14.9 Å². The van der Waals surface area contributed by atoms with Crippen molar-refractivity contribution in [3.63, 3.8) is 0 Å². The van der Waals surface area contributed by atoms with Crippen LogP contribution in [0.15, 0.2) is 58.1 Å². The largest absolute Gasteiger partial charge is 0.350 e. The van der Waals surface area contributed by atoms with Crippen LogP contribution >= 0.6 is 27.5 Å². The molecule has 0 spiro atoms. The molecule has 5 nitrogen and oxygen atoms in total. The first-order chi connectivity index (χ1) is 11.5. The van der Waals surface area contributed by atoms with E-state index < -0.39 is 0 Å². The van der Waals surface area contributed by atoms with Crippen LogP contribution in [0.2, 0.25) is 5.02 Å². The molecular weight excluding hydrogens is 394 g/mol. The number of aromatic nitrogens is 2. The number of carbonyl (C=O) groups excluding carboxylic acids is 1. The Labute approximate surface area is 151 Å². The molecule has 7 heteroatoms. The van der Waals surface area contributed by atoms with Crippen LogP contribution in [0.5, 0.6) is 0 Å². The third-order valence-corrected chi connectivity index (χ3v) is 4.21. The van der Waals surface area contributed by atoms with Crippen molar-refractivity contribution in [1.29, 1.82) is 0 Å². The molecule has 3 aromatic rings. The van der Waals surface area contributed by atoms with E-state index in [9.17, 15) is 9.59 Å². The Morgan fingerprint density at radius 1 is 1.25 bits per heavy atom. The average molecular weight is 407 g/mol. The molecule has 0 saturated carbocycles. The maximum absolute atomic E-state index is 12.4. The van der Waals surface area contributed by atoms with Gasteiger partial charge in [-0.15, -0.1) is 0 Å². The summed E-state index contributed by atoms with van der Waals surface area (Å²) in [5, 5.41) is 3.85. The number of nitrogens with one attached hydrogen (secondary N) is 1. The van der Waals surface area contributed by atoms with Gasteiger partial charge in [-0.1, -0.05) is 39.7 Å². The van der Waals surface area contributed by atoms with Gasteiger partial charge >= 0.3 is 0 Å². The molecule has 0 aliphatic carbocycles. The Kier molecular flexibility index (Phi) is 4.97. The minimum absolute atomic E-state index is 0.0884. The second-order valence-electron chi connectivity index (χ2n) is 5.25. The summed E-state index contributed by atoms with van der Waals surface area (Å²) in [6.07, 6.45) is 1.39. The fourth-order valence-corrected chi connectivity index (χ4v) is 2.88. The van der Waals surface area contributed by atoms with Crippen molar-refractivity contribution in [2.45, 2.75) is 13.1 Å². The van der Waals surface area contributed by atoms with E-state index in [1.807, 2.05) is 18.2 Å². The highest BCUT2D eigenvalue weighted by molar-refractivity contribution is 9.10. The summed E-state index contributed by atoms with van der Waals surface area (Å²) in [5.41, 5.74) is 1.24. The van der Waals surface area contributed by atoms with E-state index in [-0.39, 0.29) is 18.0 Å². The van der Waals surface area contributed by atoms with Gasteiger partial charge in [0, 0.05) is 16.0 Å². The number of nitrogens with zero attached hydrogens (tertiary/aromatic N) is 2. The number of hydrogen-bond acceptors (Lipinski definition) is 3. The highest BCUT2D eigenvalue weighted by Crippen LogP contribution is 2.14. The lowest BCUT2D eigenvalue weighted by molar-refractivity contribution is -0.121. The molecule has 3 rings (SSSR count). The Balaban J connectivity index is 1.73. The lowest BCUT2D eigenvalue weighted by atomic mass is 10.2. The molecule has 0 radical (unpaired) electrons. The minimum atomic E-state index is -0.270. The molecule has 0 aliphatic rings. The Morgan fingerprint density at radius 2 is 2.08 bits per heavy atom. The first-order valence-electron chi connectivity index (χ1n) is 7.19. The predicted octanol–water partition coefficient (Wildman–Crippen LogP) is 3.13. The SMILES string of the molecule is O=C(Cn1cnc2ccc(Br)cc2c1=O)NCc1cccc(Cl)c1. The number of fused-ring (bicyclic) bond motifs is 1. The summed E-state index contributed by atoms with van der Waals surface area (Å²) in [7, 11) is 0. The maximum atomic E-state index is 12.4. The number of amides is 1. The van der Waals surface area contributed by atoms with Gasteiger partial charge in [0.05, 0.1) is 17.2 Å². The second kappa shape index (κ2) is 7.15. The van der Waals surface area contributed by atoms with Crippen LogP contribution in [0.3, 0.4) is 0 Å². The van der Waals surface area contributed by atoms with E-state index in [4.69, 9.17) is 11.6 Å². The summed E-state index contributed by atoms with van der Waals surface area (Å²) in [5.74, 6) is -0.270. The molecule has 0 saturated heterocycles. The molecule has 1 aromatic heterocycles.